The number of benzene rings is 2. The van der Waals surface area contributed by atoms with Crippen LogP contribution in [0.3, 0.4) is 0 Å². The van der Waals surface area contributed by atoms with Gasteiger partial charge in [0.25, 0.3) is 0 Å². The lowest BCUT2D eigenvalue weighted by atomic mass is 9.90. The molecule has 4 aromatic rings. The van der Waals surface area contributed by atoms with Crippen LogP contribution in [-0.2, 0) is 6.42 Å². The summed E-state index contributed by atoms with van der Waals surface area (Å²) in [5.41, 5.74) is 3.21. The van der Waals surface area contributed by atoms with Crippen LogP contribution in [0.1, 0.15) is 18.4 Å². The first-order chi connectivity index (χ1) is 14.8. The molecule has 1 N–H and O–H groups in total. The molecule has 150 valence electrons. The number of nitrogens with zero attached hydrogens (tertiary/aromatic N) is 5. The van der Waals surface area contributed by atoms with Gasteiger partial charge in [0.1, 0.15) is 0 Å². The second-order valence-corrected chi connectivity index (χ2v) is 7.76. The van der Waals surface area contributed by atoms with Gasteiger partial charge in [-0.15, -0.1) is 5.10 Å². The highest BCUT2D eigenvalue weighted by Gasteiger charge is 2.21. The molecule has 0 unspecified atom stereocenters. The Kier molecular flexibility index (Phi) is 5.21. The number of pyridine rings is 1. The van der Waals surface area contributed by atoms with Gasteiger partial charge >= 0.3 is 0 Å². The lowest BCUT2D eigenvalue weighted by Crippen LogP contribution is -2.35. The molecule has 30 heavy (non-hydrogen) atoms. The second-order valence-electron chi connectivity index (χ2n) is 7.76. The van der Waals surface area contributed by atoms with Crippen LogP contribution in [0.15, 0.2) is 73.1 Å². The minimum absolute atomic E-state index is 0.497. The first kappa shape index (κ1) is 18.5. The van der Waals surface area contributed by atoms with Gasteiger partial charge in [0.15, 0.2) is 5.82 Å². The lowest BCUT2D eigenvalue weighted by molar-refractivity contribution is 0.402. The zero-order valence-corrected chi connectivity index (χ0v) is 16.8. The van der Waals surface area contributed by atoms with Gasteiger partial charge in [-0.1, -0.05) is 48.5 Å². The van der Waals surface area contributed by atoms with Crippen molar-refractivity contribution in [3.05, 3.63) is 78.6 Å². The predicted octanol–water partition coefficient (Wildman–Crippen LogP) is 4.62. The number of nitrogens with one attached hydrogen (secondary N) is 1. The minimum Gasteiger partial charge on any atom is -0.355 e. The van der Waals surface area contributed by atoms with Crippen LogP contribution < -0.4 is 10.2 Å². The van der Waals surface area contributed by atoms with Gasteiger partial charge < -0.3 is 10.2 Å². The maximum Gasteiger partial charge on any atom is 0.249 e. The summed E-state index contributed by atoms with van der Waals surface area (Å²) in [6.45, 7) is 1.98. The molecule has 0 amide bonds. The fourth-order valence-electron chi connectivity index (χ4n) is 4.14. The third-order valence-corrected chi connectivity index (χ3v) is 5.73. The Morgan fingerprint density at radius 2 is 1.77 bits per heavy atom. The first-order valence-electron chi connectivity index (χ1n) is 10.4. The fourth-order valence-corrected chi connectivity index (χ4v) is 4.14. The second kappa shape index (κ2) is 8.45. The van der Waals surface area contributed by atoms with Crippen molar-refractivity contribution in [2.24, 2.45) is 5.92 Å². The van der Waals surface area contributed by atoms with Gasteiger partial charge in [-0.3, -0.25) is 4.98 Å². The van der Waals surface area contributed by atoms with Crippen LogP contribution in [0.25, 0.3) is 10.9 Å². The first-order valence-corrected chi connectivity index (χ1v) is 10.4. The Bertz CT molecular complexity index is 1120. The monoisotopic (exact) mass is 396 g/mol. The van der Waals surface area contributed by atoms with Crippen molar-refractivity contribution in [3.8, 4) is 0 Å². The number of rotatable bonds is 5. The number of fused-ring (bicyclic) bond motifs is 1. The Balaban J connectivity index is 1.26. The third-order valence-electron chi connectivity index (χ3n) is 5.73. The highest BCUT2D eigenvalue weighted by Crippen LogP contribution is 2.26. The lowest BCUT2D eigenvalue weighted by Gasteiger charge is -2.32. The topological polar surface area (TPSA) is 66.8 Å². The molecule has 0 saturated carbocycles. The van der Waals surface area contributed by atoms with Crippen LogP contribution in [0.5, 0.6) is 0 Å². The number of para-hydroxylation sites is 1. The van der Waals surface area contributed by atoms with Gasteiger partial charge in [-0.25, -0.2) is 0 Å². The van der Waals surface area contributed by atoms with Crippen LogP contribution in [-0.4, -0.2) is 33.3 Å². The van der Waals surface area contributed by atoms with E-state index in [0.717, 1.165) is 60.7 Å². The maximum atomic E-state index is 4.72. The van der Waals surface area contributed by atoms with Gasteiger partial charge in [0.2, 0.25) is 5.95 Å². The molecule has 1 aliphatic rings. The Morgan fingerprint density at radius 3 is 2.63 bits per heavy atom. The van der Waals surface area contributed by atoms with Crippen LogP contribution in [0, 0.1) is 5.92 Å². The van der Waals surface area contributed by atoms with E-state index < -0.39 is 0 Å². The molecule has 6 nitrogen and oxygen atoms in total. The van der Waals surface area contributed by atoms with E-state index in [4.69, 9.17) is 4.98 Å². The average molecular weight is 396 g/mol. The molecule has 0 bridgehead atoms. The minimum atomic E-state index is 0.497. The smallest absolute Gasteiger partial charge is 0.249 e. The Morgan fingerprint density at radius 1 is 0.933 bits per heavy atom. The van der Waals surface area contributed by atoms with E-state index in [2.05, 4.69) is 55.7 Å². The van der Waals surface area contributed by atoms with E-state index in [9.17, 15) is 0 Å². The summed E-state index contributed by atoms with van der Waals surface area (Å²) in [6, 6.07) is 20.8. The Hall–Kier alpha value is -3.54. The SMILES string of the molecule is c1ccc(CC2CCN(c3cnnc(Nc4cccc5cccnc45)n3)CC2)cc1. The predicted molar refractivity (Wildman–Crippen MR) is 120 cm³/mol. The molecular formula is C24H24N6. The van der Waals surface area contributed by atoms with Crippen LogP contribution in [0.4, 0.5) is 17.5 Å². The summed E-state index contributed by atoms with van der Waals surface area (Å²) in [5.74, 6) is 2.09. The quantitative estimate of drug-likeness (QED) is 0.531. The summed E-state index contributed by atoms with van der Waals surface area (Å²) in [5, 5.41) is 12.7. The standard InChI is InChI=1S/C24H24N6/c1-2-6-18(7-3-1)16-19-11-14-30(15-12-19)22-17-26-29-24(28-22)27-21-10-4-8-20-9-5-13-25-23(20)21/h1-10,13,17,19H,11-12,14-16H2,(H,27,28,29). The van der Waals surface area contributed by atoms with Crippen molar-refractivity contribution < 1.29 is 0 Å². The molecule has 6 heteroatoms. The van der Waals surface area contributed by atoms with Crippen molar-refractivity contribution in [1.82, 2.24) is 20.2 Å². The average Bonchev–Trinajstić information content (AvgIpc) is 2.81. The fraction of sp³-hybridized carbons (Fsp3) is 0.250. The number of aromatic nitrogens is 4. The molecular weight excluding hydrogens is 372 g/mol. The molecule has 1 saturated heterocycles. The molecule has 1 aliphatic heterocycles. The zero-order chi connectivity index (χ0) is 20.2. The molecule has 0 aliphatic carbocycles. The molecule has 0 atom stereocenters. The zero-order valence-electron chi connectivity index (χ0n) is 16.8. The molecule has 1 fully saturated rings. The number of hydrogen-bond acceptors (Lipinski definition) is 6. The largest absolute Gasteiger partial charge is 0.355 e. The normalized spacial score (nSPS) is 14.7. The van der Waals surface area contributed by atoms with E-state index in [0.29, 0.717) is 5.95 Å². The van der Waals surface area contributed by atoms with E-state index in [1.807, 2.05) is 30.3 Å². The summed E-state index contributed by atoms with van der Waals surface area (Å²) >= 11 is 0. The highest BCUT2D eigenvalue weighted by molar-refractivity contribution is 5.91. The summed E-state index contributed by atoms with van der Waals surface area (Å²) in [4.78, 5) is 11.5. The van der Waals surface area contributed by atoms with Gasteiger partial charge in [0, 0.05) is 24.7 Å². The molecule has 5 rings (SSSR count). The van der Waals surface area contributed by atoms with Crippen molar-refractivity contribution in [2.75, 3.05) is 23.3 Å². The summed E-state index contributed by atoms with van der Waals surface area (Å²) in [6.07, 6.45) is 7.02. The number of hydrogen-bond donors (Lipinski definition) is 1. The molecule has 2 aromatic carbocycles. The maximum absolute atomic E-state index is 4.72. The van der Waals surface area contributed by atoms with E-state index >= 15 is 0 Å². The van der Waals surface area contributed by atoms with Crippen molar-refractivity contribution in [3.63, 3.8) is 0 Å². The van der Waals surface area contributed by atoms with Gasteiger partial charge in [-0.05, 0) is 42.9 Å². The van der Waals surface area contributed by atoms with Gasteiger partial charge in [0.05, 0.1) is 17.4 Å². The summed E-state index contributed by atoms with van der Waals surface area (Å²) in [7, 11) is 0. The summed E-state index contributed by atoms with van der Waals surface area (Å²) < 4.78 is 0. The van der Waals surface area contributed by atoms with E-state index in [1.54, 1.807) is 12.4 Å². The van der Waals surface area contributed by atoms with E-state index in [-0.39, 0.29) is 0 Å². The van der Waals surface area contributed by atoms with Crippen molar-refractivity contribution in [1.29, 1.82) is 0 Å². The van der Waals surface area contributed by atoms with E-state index in [1.165, 1.54) is 5.56 Å². The molecule has 0 spiro atoms. The van der Waals surface area contributed by atoms with Gasteiger partial charge in [-0.2, -0.15) is 10.1 Å². The number of piperidine rings is 1. The molecule has 0 radical (unpaired) electrons. The highest BCUT2D eigenvalue weighted by atomic mass is 15.3. The van der Waals surface area contributed by atoms with Crippen molar-refractivity contribution in [2.45, 2.75) is 19.3 Å². The van der Waals surface area contributed by atoms with Crippen LogP contribution >= 0.6 is 0 Å². The molecule has 3 heterocycles. The van der Waals surface area contributed by atoms with Crippen LogP contribution in [0.2, 0.25) is 0 Å². The Labute approximate surface area is 176 Å². The van der Waals surface area contributed by atoms with Crippen molar-refractivity contribution >= 4 is 28.4 Å². The number of anilines is 3. The third kappa shape index (κ3) is 4.08. The molecule has 2 aromatic heterocycles.